The second-order valence-electron chi connectivity index (χ2n) is 5.95. The number of ether oxygens (including phenoxy) is 1. The van der Waals surface area contributed by atoms with Crippen LogP contribution in [0.2, 0.25) is 0 Å². The van der Waals surface area contributed by atoms with Crippen LogP contribution in [0.25, 0.3) is 0 Å². The van der Waals surface area contributed by atoms with Gasteiger partial charge in [0, 0.05) is 0 Å². The van der Waals surface area contributed by atoms with Crippen LogP contribution in [-0.4, -0.2) is 80.6 Å². The highest BCUT2D eigenvalue weighted by atomic mass is 16.8. The van der Waals surface area contributed by atoms with Gasteiger partial charge in [0.15, 0.2) is 0 Å². The molecule has 0 aromatic rings. The van der Waals surface area contributed by atoms with Gasteiger partial charge in [0.2, 0.25) is 12.2 Å². The van der Waals surface area contributed by atoms with Gasteiger partial charge in [-0.25, -0.2) is 9.63 Å². The highest BCUT2D eigenvalue weighted by Crippen LogP contribution is 2.33. The van der Waals surface area contributed by atoms with Gasteiger partial charge in [-0.15, -0.1) is 5.06 Å². The molecule has 142 valence electrons. The first-order valence-corrected chi connectivity index (χ1v) is 7.90. The van der Waals surface area contributed by atoms with Gasteiger partial charge in [-0.05, 0) is 12.8 Å². The van der Waals surface area contributed by atoms with E-state index in [-0.39, 0.29) is 17.9 Å². The maximum absolute atomic E-state index is 12.6. The van der Waals surface area contributed by atoms with Crippen LogP contribution >= 0.6 is 0 Å². The van der Waals surface area contributed by atoms with Gasteiger partial charge in [0.1, 0.15) is 29.8 Å². The molecule has 2 heterocycles. The molecule has 2 aliphatic heterocycles. The van der Waals surface area contributed by atoms with Crippen molar-refractivity contribution in [1.82, 2.24) is 10.4 Å². The molecule has 0 saturated carbocycles. The summed E-state index contributed by atoms with van der Waals surface area (Å²) in [6, 6.07) is -1.16. The third kappa shape index (κ3) is 3.14. The van der Waals surface area contributed by atoms with Crippen molar-refractivity contribution >= 4 is 17.8 Å². The summed E-state index contributed by atoms with van der Waals surface area (Å²) in [5.74, 6) is -1.68. The lowest BCUT2D eigenvalue weighted by atomic mass is 9.79. The standard InChI is InChI=1S/C14H22N2O9/c1-3-14(4-2)11(21)15-13(23)16(12(14)22)25-10-9(20)8(19)7(18)6(5-17)24-10/h6-10,17-20H,3-5H2,1-2H3,(H,15,21,23)/t6-,7-,8+,9-,10+/m1/s1. The van der Waals surface area contributed by atoms with Crippen molar-refractivity contribution in [3.63, 3.8) is 0 Å². The Bertz CT molecular complexity index is 548. The lowest BCUT2D eigenvalue weighted by molar-refractivity contribution is -0.344. The minimum atomic E-state index is -1.80. The molecular formula is C14H22N2O9. The van der Waals surface area contributed by atoms with Crippen molar-refractivity contribution in [2.75, 3.05) is 6.61 Å². The first-order chi connectivity index (χ1) is 11.7. The summed E-state index contributed by atoms with van der Waals surface area (Å²) in [6.45, 7) is 2.50. The topological polar surface area (TPSA) is 166 Å². The maximum Gasteiger partial charge on any atom is 0.355 e. The Hall–Kier alpha value is -1.63. The molecule has 5 atom stereocenters. The van der Waals surface area contributed by atoms with Crippen molar-refractivity contribution in [1.29, 1.82) is 0 Å². The van der Waals surface area contributed by atoms with Crippen LogP contribution in [0.5, 0.6) is 0 Å². The second kappa shape index (κ2) is 7.32. The highest BCUT2D eigenvalue weighted by Gasteiger charge is 2.54. The van der Waals surface area contributed by atoms with E-state index in [0.29, 0.717) is 0 Å². The van der Waals surface area contributed by atoms with Crippen molar-refractivity contribution in [2.24, 2.45) is 5.41 Å². The number of urea groups is 1. The second-order valence-corrected chi connectivity index (χ2v) is 5.95. The molecule has 4 amide bonds. The fraction of sp³-hybridized carbons (Fsp3) is 0.786. The molecule has 2 rings (SSSR count). The molecule has 2 saturated heterocycles. The molecule has 0 spiro atoms. The number of carbonyl (C=O) groups excluding carboxylic acids is 3. The molecule has 25 heavy (non-hydrogen) atoms. The van der Waals surface area contributed by atoms with Gasteiger partial charge in [-0.3, -0.25) is 14.9 Å². The number of barbiturate groups is 1. The molecule has 0 aromatic heterocycles. The van der Waals surface area contributed by atoms with Crippen LogP contribution in [-0.2, 0) is 19.2 Å². The molecule has 0 bridgehead atoms. The fourth-order valence-corrected chi connectivity index (χ4v) is 2.88. The van der Waals surface area contributed by atoms with Crippen LogP contribution in [0.4, 0.5) is 4.79 Å². The first kappa shape index (κ1) is 19.7. The van der Waals surface area contributed by atoms with Gasteiger partial charge < -0.3 is 25.2 Å². The summed E-state index contributed by atoms with van der Waals surface area (Å²) in [5.41, 5.74) is -1.51. The SMILES string of the molecule is CCC1(CC)C(=O)NC(=O)N(O[C@@H]2O[C@H](CO)[C@@H](O)[C@H](O)[C@H]2O)C1=O. The summed E-state index contributed by atoms with van der Waals surface area (Å²) >= 11 is 0. The molecule has 11 nitrogen and oxygen atoms in total. The molecule has 0 unspecified atom stereocenters. The van der Waals surface area contributed by atoms with E-state index < -0.39 is 60.6 Å². The Morgan fingerprint density at radius 1 is 1.12 bits per heavy atom. The van der Waals surface area contributed by atoms with Crippen LogP contribution in [0, 0.1) is 5.41 Å². The van der Waals surface area contributed by atoms with Gasteiger partial charge in [0.05, 0.1) is 6.61 Å². The van der Waals surface area contributed by atoms with Crippen molar-refractivity contribution in [2.45, 2.75) is 57.4 Å². The molecule has 5 N–H and O–H groups in total. The number of aliphatic hydroxyl groups excluding tert-OH is 4. The number of nitrogens with one attached hydrogen (secondary N) is 1. The fourth-order valence-electron chi connectivity index (χ4n) is 2.88. The third-order valence-corrected chi connectivity index (χ3v) is 4.70. The molecule has 11 heteroatoms. The number of rotatable bonds is 5. The first-order valence-electron chi connectivity index (χ1n) is 7.90. The van der Waals surface area contributed by atoms with E-state index in [1.54, 1.807) is 13.8 Å². The number of nitrogens with zero attached hydrogens (tertiary/aromatic N) is 1. The average Bonchev–Trinajstić information content (AvgIpc) is 2.59. The Kier molecular flexibility index (Phi) is 5.76. The zero-order chi connectivity index (χ0) is 18.9. The van der Waals surface area contributed by atoms with E-state index in [0.717, 1.165) is 0 Å². The number of carbonyl (C=O) groups is 3. The predicted octanol–water partition coefficient (Wildman–Crippen LogP) is -2.40. The van der Waals surface area contributed by atoms with E-state index >= 15 is 0 Å². The van der Waals surface area contributed by atoms with Crippen LogP contribution < -0.4 is 5.32 Å². The number of hydroxylamine groups is 2. The van der Waals surface area contributed by atoms with Crippen LogP contribution in [0.3, 0.4) is 0 Å². The number of hydrogen-bond acceptors (Lipinski definition) is 9. The summed E-state index contributed by atoms with van der Waals surface area (Å²) in [4.78, 5) is 41.8. The Morgan fingerprint density at radius 3 is 2.24 bits per heavy atom. The number of amides is 4. The average molecular weight is 362 g/mol. The quantitative estimate of drug-likeness (QED) is 0.335. The van der Waals surface area contributed by atoms with E-state index in [1.165, 1.54) is 0 Å². The van der Waals surface area contributed by atoms with Gasteiger partial charge in [-0.2, -0.15) is 0 Å². The summed E-state index contributed by atoms with van der Waals surface area (Å²) in [5, 5.41) is 40.8. The summed E-state index contributed by atoms with van der Waals surface area (Å²) in [7, 11) is 0. The maximum atomic E-state index is 12.6. The van der Waals surface area contributed by atoms with Gasteiger partial charge in [0.25, 0.3) is 5.91 Å². The largest absolute Gasteiger partial charge is 0.394 e. The minimum Gasteiger partial charge on any atom is -0.394 e. The lowest BCUT2D eigenvalue weighted by Gasteiger charge is -2.43. The monoisotopic (exact) mass is 362 g/mol. The molecule has 2 fully saturated rings. The van der Waals surface area contributed by atoms with Crippen LogP contribution in [0.15, 0.2) is 0 Å². The third-order valence-electron chi connectivity index (χ3n) is 4.70. The smallest absolute Gasteiger partial charge is 0.355 e. The van der Waals surface area contributed by atoms with E-state index in [1.807, 2.05) is 5.32 Å². The zero-order valence-electron chi connectivity index (χ0n) is 13.8. The zero-order valence-corrected chi connectivity index (χ0v) is 13.8. The van der Waals surface area contributed by atoms with E-state index in [9.17, 15) is 29.7 Å². The van der Waals surface area contributed by atoms with Crippen LogP contribution in [0.1, 0.15) is 26.7 Å². The molecule has 2 aliphatic rings. The summed E-state index contributed by atoms with van der Waals surface area (Å²) < 4.78 is 5.10. The van der Waals surface area contributed by atoms with Gasteiger partial charge >= 0.3 is 6.03 Å². The van der Waals surface area contributed by atoms with E-state index in [4.69, 9.17) is 14.7 Å². The normalized spacial score (nSPS) is 35.7. The highest BCUT2D eigenvalue weighted by molar-refractivity contribution is 6.18. The molecular weight excluding hydrogens is 340 g/mol. The number of aliphatic hydroxyl groups is 4. The van der Waals surface area contributed by atoms with Crippen molar-refractivity contribution < 1.29 is 44.4 Å². The minimum absolute atomic E-state index is 0.107. The Balaban J connectivity index is 2.24. The molecule has 0 aromatic carbocycles. The van der Waals surface area contributed by atoms with E-state index in [2.05, 4.69) is 0 Å². The summed E-state index contributed by atoms with van der Waals surface area (Å²) in [6.07, 6.45) is -7.92. The predicted molar refractivity (Wildman–Crippen MR) is 78.3 cm³/mol. The Morgan fingerprint density at radius 2 is 1.72 bits per heavy atom. The number of imide groups is 2. The van der Waals surface area contributed by atoms with Gasteiger partial charge in [-0.1, -0.05) is 13.8 Å². The van der Waals surface area contributed by atoms with Crippen molar-refractivity contribution in [3.8, 4) is 0 Å². The number of hydrogen-bond donors (Lipinski definition) is 5. The molecule has 0 aliphatic carbocycles. The molecule has 0 radical (unpaired) electrons. The Labute approximate surface area is 143 Å². The van der Waals surface area contributed by atoms with Crippen molar-refractivity contribution in [3.05, 3.63) is 0 Å². The lowest BCUT2D eigenvalue weighted by Crippen LogP contribution is -2.66.